The third-order valence-corrected chi connectivity index (χ3v) is 7.89. The van der Waals surface area contributed by atoms with Crippen molar-refractivity contribution in [1.82, 2.24) is 4.90 Å². The van der Waals surface area contributed by atoms with E-state index in [4.69, 9.17) is 9.84 Å². The topological polar surface area (TPSA) is 49.8 Å². The zero-order valence-corrected chi connectivity index (χ0v) is 21.1. The molecule has 1 saturated carbocycles. The average Bonchev–Trinajstić information content (AvgIpc) is 3.28. The highest BCUT2D eigenvalue weighted by Gasteiger charge is 2.40. The van der Waals surface area contributed by atoms with Crippen LogP contribution in [-0.4, -0.2) is 41.2 Å². The first-order chi connectivity index (χ1) is 17.1. The van der Waals surface area contributed by atoms with Crippen molar-refractivity contribution < 1.29 is 14.6 Å². The van der Waals surface area contributed by atoms with E-state index >= 15 is 0 Å². The number of aliphatic carboxylic acids is 1. The van der Waals surface area contributed by atoms with Gasteiger partial charge < -0.3 is 9.84 Å². The van der Waals surface area contributed by atoms with E-state index in [0.29, 0.717) is 31.1 Å². The Labute approximate surface area is 211 Å². The van der Waals surface area contributed by atoms with Crippen LogP contribution in [0, 0.1) is 11.8 Å². The van der Waals surface area contributed by atoms with Gasteiger partial charge in [0.05, 0.1) is 12.7 Å². The van der Waals surface area contributed by atoms with Crippen molar-refractivity contribution in [2.75, 3.05) is 13.1 Å². The highest BCUT2D eigenvalue weighted by Crippen LogP contribution is 2.38. The number of ether oxygens (including phenoxy) is 1. The van der Waals surface area contributed by atoms with Gasteiger partial charge in [0.25, 0.3) is 0 Å². The maximum absolute atomic E-state index is 10.7. The number of carboxylic acids is 1. The van der Waals surface area contributed by atoms with E-state index in [1.165, 1.54) is 49.0 Å². The quantitative estimate of drug-likeness (QED) is 0.357. The van der Waals surface area contributed by atoms with Crippen LogP contribution in [0.25, 0.3) is 11.1 Å². The fourth-order valence-corrected chi connectivity index (χ4v) is 5.77. The number of hydrogen-bond acceptors (Lipinski definition) is 3. The summed E-state index contributed by atoms with van der Waals surface area (Å²) < 4.78 is 6.57. The molecule has 0 bridgehead atoms. The number of carbonyl (C=O) groups is 1. The van der Waals surface area contributed by atoms with Crippen LogP contribution in [0.4, 0.5) is 0 Å². The SMILES string of the molecule is CC1CCN([C@H]2CC[C@H](OCc3ccc(-c4ccccc4)cc3)[C@@H]2CCC=CCCC(=O)O)CC1. The number of benzene rings is 2. The van der Waals surface area contributed by atoms with E-state index in [1.54, 1.807) is 0 Å². The van der Waals surface area contributed by atoms with Crippen LogP contribution >= 0.6 is 0 Å². The lowest BCUT2D eigenvalue weighted by atomic mass is 9.91. The van der Waals surface area contributed by atoms with Gasteiger partial charge in [-0.25, -0.2) is 0 Å². The van der Waals surface area contributed by atoms with Crippen molar-refractivity contribution in [2.24, 2.45) is 11.8 Å². The molecule has 0 unspecified atom stereocenters. The van der Waals surface area contributed by atoms with Crippen LogP contribution in [0.2, 0.25) is 0 Å². The Morgan fingerprint density at radius 2 is 1.63 bits per heavy atom. The predicted molar refractivity (Wildman–Crippen MR) is 142 cm³/mol. The van der Waals surface area contributed by atoms with Crippen molar-refractivity contribution in [3.8, 4) is 11.1 Å². The summed E-state index contributed by atoms with van der Waals surface area (Å²) in [6, 6.07) is 19.9. The highest BCUT2D eigenvalue weighted by atomic mass is 16.5. The largest absolute Gasteiger partial charge is 0.481 e. The second-order valence-electron chi connectivity index (χ2n) is 10.4. The molecule has 4 heteroatoms. The molecular weight excluding hydrogens is 434 g/mol. The molecule has 2 aromatic rings. The lowest BCUT2D eigenvalue weighted by molar-refractivity contribution is -0.136. The fourth-order valence-electron chi connectivity index (χ4n) is 5.77. The van der Waals surface area contributed by atoms with Crippen LogP contribution in [0.3, 0.4) is 0 Å². The number of piperidine rings is 1. The molecule has 4 nitrogen and oxygen atoms in total. The van der Waals surface area contributed by atoms with Crippen molar-refractivity contribution in [3.05, 3.63) is 72.3 Å². The molecule has 0 radical (unpaired) electrons. The molecule has 35 heavy (non-hydrogen) atoms. The molecule has 2 fully saturated rings. The summed E-state index contributed by atoms with van der Waals surface area (Å²) in [7, 11) is 0. The summed E-state index contributed by atoms with van der Waals surface area (Å²) in [5.41, 5.74) is 3.71. The van der Waals surface area contributed by atoms with Gasteiger partial charge in [0, 0.05) is 18.4 Å². The summed E-state index contributed by atoms with van der Waals surface area (Å²) in [5.74, 6) is 0.653. The predicted octanol–water partition coefficient (Wildman–Crippen LogP) is 6.95. The molecule has 4 rings (SSSR count). The summed E-state index contributed by atoms with van der Waals surface area (Å²) in [5, 5.41) is 8.85. The second-order valence-corrected chi connectivity index (χ2v) is 10.4. The minimum absolute atomic E-state index is 0.212. The molecule has 1 heterocycles. The molecular formula is C31H41NO3. The summed E-state index contributed by atoms with van der Waals surface area (Å²) >= 11 is 0. The van der Waals surface area contributed by atoms with Gasteiger partial charge in [0.15, 0.2) is 0 Å². The van der Waals surface area contributed by atoms with Crippen LogP contribution in [-0.2, 0) is 16.1 Å². The first-order valence-corrected chi connectivity index (χ1v) is 13.5. The molecule has 0 spiro atoms. The monoisotopic (exact) mass is 475 g/mol. The highest BCUT2D eigenvalue weighted by molar-refractivity contribution is 5.66. The molecule has 188 valence electrons. The van der Waals surface area contributed by atoms with Crippen molar-refractivity contribution in [1.29, 1.82) is 0 Å². The van der Waals surface area contributed by atoms with E-state index in [-0.39, 0.29) is 6.42 Å². The Kier molecular flexibility index (Phi) is 9.56. The van der Waals surface area contributed by atoms with Crippen molar-refractivity contribution in [2.45, 2.75) is 77.0 Å². The molecule has 2 aromatic carbocycles. The number of rotatable bonds is 11. The molecule has 3 atom stereocenters. The van der Waals surface area contributed by atoms with Crippen LogP contribution in [0.5, 0.6) is 0 Å². The zero-order valence-electron chi connectivity index (χ0n) is 21.1. The van der Waals surface area contributed by atoms with E-state index in [1.807, 2.05) is 12.1 Å². The number of allylic oxidation sites excluding steroid dienone is 2. The molecule has 1 aliphatic carbocycles. The molecule has 0 amide bonds. The molecule has 1 aliphatic heterocycles. The maximum atomic E-state index is 10.7. The van der Waals surface area contributed by atoms with Gasteiger partial charge in [0.1, 0.15) is 0 Å². The Morgan fingerprint density at radius 3 is 2.34 bits per heavy atom. The number of likely N-dealkylation sites (tertiary alicyclic amines) is 1. The smallest absolute Gasteiger partial charge is 0.303 e. The standard InChI is InChI=1S/C31H41NO3/c1-24-19-21-32(22-20-24)29-17-18-30(28(29)11-7-2-3-8-12-31(33)34)35-23-25-13-15-27(16-14-25)26-9-5-4-6-10-26/h2-6,9-10,13-16,24,28-30H,7-8,11-12,17-23H2,1H3,(H,33,34)/t28-,29+,30+/m1/s1. The third kappa shape index (κ3) is 7.52. The number of carboxylic acid groups (broad SMARTS) is 1. The van der Waals surface area contributed by atoms with E-state index in [9.17, 15) is 4.79 Å². The lowest BCUT2D eigenvalue weighted by Gasteiger charge is -2.38. The molecule has 0 aromatic heterocycles. The number of hydrogen-bond donors (Lipinski definition) is 1. The van der Waals surface area contributed by atoms with Gasteiger partial charge in [-0.05, 0) is 80.6 Å². The van der Waals surface area contributed by atoms with Crippen molar-refractivity contribution in [3.63, 3.8) is 0 Å². The first kappa shape index (κ1) is 25.7. The Morgan fingerprint density at radius 1 is 0.943 bits per heavy atom. The summed E-state index contributed by atoms with van der Waals surface area (Å²) in [6.45, 7) is 5.46. The van der Waals surface area contributed by atoms with Gasteiger partial charge in [0.2, 0.25) is 0 Å². The van der Waals surface area contributed by atoms with Crippen molar-refractivity contribution >= 4 is 5.97 Å². The minimum atomic E-state index is -0.727. The Bertz CT molecular complexity index is 931. The molecule has 1 N–H and O–H groups in total. The van der Waals surface area contributed by atoms with Gasteiger partial charge in [-0.1, -0.05) is 73.7 Å². The van der Waals surface area contributed by atoms with E-state index < -0.39 is 5.97 Å². The normalized spacial score (nSPS) is 23.7. The van der Waals surface area contributed by atoms with Gasteiger partial charge in [-0.15, -0.1) is 0 Å². The van der Waals surface area contributed by atoms with E-state index in [0.717, 1.165) is 25.2 Å². The second kappa shape index (κ2) is 13.0. The lowest BCUT2D eigenvalue weighted by Crippen LogP contribution is -2.44. The van der Waals surface area contributed by atoms with Crippen LogP contribution in [0.1, 0.15) is 63.9 Å². The number of nitrogens with zero attached hydrogens (tertiary/aromatic N) is 1. The van der Waals surface area contributed by atoms with E-state index in [2.05, 4.69) is 66.4 Å². The van der Waals surface area contributed by atoms with Gasteiger partial charge >= 0.3 is 5.97 Å². The molecule has 2 aliphatic rings. The van der Waals surface area contributed by atoms with Crippen LogP contribution in [0.15, 0.2) is 66.7 Å². The summed E-state index contributed by atoms with van der Waals surface area (Å²) in [4.78, 5) is 13.5. The average molecular weight is 476 g/mol. The maximum Gasteiger partial charge on any atom is 0.303 e. The van der Waals surface area contributed by atoms with Gasteiger partial charge in [-0.3, -0.25) is 9.69 Å². The zero-order chi connectivity index (χ0) is 24.5. The Hall–Kier alpha value is -2.43. The van der Waals surface area contributed by atoms with Crippen LogP contribution < -0.4 is 0 Å². The third-order valence-electron chi connectivity index (χ3n) is 7.89. The first-order valence-electron chi connectivity index (χ1n) is 13.5. The van der Waals surface area contributed by atoms with Gasteiger partial charge in [-0.2, -0.15) is 0 Å². The molecule has 1 saturated heterocycles. The minimum Gasteiger partial charge on any atom is -0.481 e. The Balaban J connectivity index is 1.34. The fraction of sp³-hybridized carbons (Fsp3) is 0.516. The summed E-state index contributed by atoms with van der Waals surface area (Å²) in [6.07, 6.45) is 12.4.